The molecule has 1 saturated carbocycles. The normalized spacial score (nSPS) is 27.1. The first-order chi connectivity index (χ1) is 8.90. The second kappa shape index (κ2) is 5.81. The standard InChI is InChI=1S/C14H18BrClN2O/c1-9-3-2-6-14(17,8-9)13(19)18-10-4-5-12(16)11(15)7-10/h4-5,7,9H,2-3,6,8,17H2,1H3,(H,18,19). The van der Waals surface area contributed by atoms with Crippen molar-refractivity contribution in [2.45, 2.75) is 38.1 Å². The lowest BCUT2D eigenvalue weighted by atomic mass is 9.76. The van der Waals surface area contributed by atoms with Crippen LogP contribution in [-0.4, -0.2) is 11.4 Å². The van der Waals surface area contributed by atoms with E-state index in [-0.39, 0.29) is 5.91 Å². The second-order valence-electron chi connectivity index (χ2n) is 5.44. The Morgan fingerprint density at radius 3 is 2.95 bits per heavy atom. The van der Waals surface area contributed by atoms with Crippen molar-refractivity contribution in [1.82, 2.24) is 0 Å². The van der Waals surface area contributed by atoms with E-state index < -0.39 is 5.54 Å². The first-order valence-electron chi connectivity index (χ1n) is 6.46. The van der Waals surface area contributed by atoms with Crippen LogP contribution in [-0.2, 0) is 4.79 Å². The molecule has 1 aliphatic rings. The van der Waals surface area contributed by atoms with Crippen LogP contribution in [0.25, 0.3) is 0 Å². The summed E-state index contributed by atoms with van der Waals surface area (Å²) in [6.45, 7) is 2.15. The molecule has 2 unspecified atom stereocenters. The van der Waals surface area contributed by atoms with Crippen molar-refractivity contribution < 1.29 is 4.79 Å². The maximum Gasteiger partial charge on any atom is 0.244 e. The zero-order chi connectivity index (χ0) is 14.0. The SMILES string of the molecule is CC1CCCC(N)(C(=O)Nc2ccc(Cl)c(Br)c2)C1. The largest absolute Gasteiger partial charge is 0.324 e. The molecule has 19 heavy (non-hydrogen) atoms. The van der Waals surface area contributed by atoms with Gasteiger partial charge < -0.3 is 11.1 Å². The lowest BCUT2D eigenvalue weighted by Gasteiger charge is -2.35. The van der Waals surface area contributed by atoms with Crippen molar-refractivity contribution >= 4 is 39.1 Å². The number of nitrogens with one attached hydrogen (secondary N) is 1. The summed E-state index contributed by atoms with van der Waals surface area (Å²) in [4.78, 5) is 12.3. The Labute approximate surface area is 127 Å². The van der Waals surface area contributed by atoms with Crippen LogP contribution in [0, 0.1) is 5.92 Å². The van der Waals surface area contributed by atoms with Gasteiger partial charge in [-0.3, -0.25) is 4.79 Å². The Bertz CT molecular complexity index is 494. The number of carbonyl (C=O) groups is 1. The zero-order valence-electron chi connectivity index (χ0n) is 10.9. The van der Waals surface area contributed by atoms with Gasteiger partial charge >= 0.3 is 0 Å². The van der Waals surface area contributed by atoms with E-state index in [2.05, 4.69) is 28.2 Å². The molecule has 2 atom stereocenters. The highest BCUT2D eigenvalue weighted by molar-refractivity contribution is 9.10. The summed E-state index contributed by atoms with van der Waals surface area (Å²) in [5.74, 6) is 0.398. The van der Waals surface area contributed by atoms with Crippen LogP contribution < -0.4 is 11.1 Å². The third-order valence-electron chi connectivity index (χ3n) is 3.66. The van der Waals surface area contributed by atoms with Crippen LogP contribution in [0.5, 0.6) is 0 Å². The molecule has 2 rings (SSSR count). The van der Waals surface area contributed by atoms with Crippen LogP contribution in [0.3, 0.4) is 0 Å². The third kappa shape index (κ3) is 3.50. The van der Waals surface area contributed by atoms with Gasteiger partial charge in [0.2, 0.25) is 5.91 Å². The second-order valence-corrected chi connectivity index (χ2v) is 6.70. The van der Waals surface area contributed by atoms with Crippen LogP contribution >= 0.6 is 27.5 Å². The molecule has 0 heterocycles. The van der Waals surface area contributed by atoms with Crippen LogP contribution in [0.15, 0.2) is 22.7 Å². The molecule has 1 aromatic carbocycles. The van der Waals surface area contributed by atoms with Gasteiger partial charge in [-0.15, -0.1) is 0 Å². The summed E-state index contributed by atoms with van der Waals surface area (Å²) in [5.41, 5.74) is 6.23. The van der Waals surface area contributed by atoms with Gasteiger partial charge in [-0.25, -0.2) is 0 Å². The van der Waals surface area contributed by atoms with Gasteiger partial charge in [-0.2, -0.15) is 0 Å². The summed E-state index contributed by atoms with van der Waals surface area (Å²) in [5, 5.41) is 3.51. The number of hydrogen-bond acceptors (Lipinski definition) is 2. The van der Waals surface area contributed by atoms with Crippen LogP contribution in [0.2, 0.25) is 5.02 Å². The first-order valence-corrected chi connectivity index (χ1v) is 7.63. The monoisotopic (exact) mass is 344 g/mol. The van der Waals surface area contributed by atoms with E-state index in [1.807, 2.05) is 0 Å². The predicted octanol–water partition coefficient (Wildman–Crippen LogP) is 3.95. The van der Waals surface area contributed by atoms with E-state index in [1.54, 1.807) is 18.2 Å². The van der Waals surface area contributed by atoms with Gasteiger partial charge in [0.25, 0.3) is 0 Å². The molecule has 0 bridgehead atoms. The Morgan fingerprint density at radius 2 is 2.32 bits per heavy atom. The molecule has 0 radical (unpaired) electrons. The minimum atomic E-state index is -0.746. The molecule has 3 N–H and O–H groups in total. The molecule has 0 aliphatic heterocycles. The maximum absolute atomic E-state index is 12.3. The molecule has 1 aromatic rings. The highest BCUT2D eigenvalue weighted by atomic mass is 79.9. The Kier molecular flexibility index (Phi) is 4.54. The number of nitrogens with two attached hydrogens (primary N) is 1. The maximum atomic E-state index is 12.3. The Hall–Kier alpha value is -0.580. The summed E-state index contributed by atoms with van der Waals surface area (Å²) in [6.07, 6.45) is 3.65. The van der Waals surface area contributed by atoms with Gasteiger partial charge in [0.15, 0.2) is 0 Å². The highest BCUT2D eigenvalue weighted by Crippen LogP contribution is 2.32. The van der Waals surface area contributed by atoms with E-state index in [4.69, 9.17) is 17.3 Å². The van der Waals surface area contributed by atoms with E-state index in [9.17, 15) is 4.79 Å². The van der Waals surface area contributed by atoms with E-state index in [0.717, 1.165) is 30.2 Å². The molecule has 0 spiro atoms. The molecule has 104 valence electrons. The first kappa shape index (κ1) is 14.8. The number of benzene rings is 1. The molecular formula is C14H18BrClN2O. The number of hydrogen-bond donors (Lipinski definition) is 2. The van der Waals surface area contributed by atoms with Crippen molar-refractivity contribution in [2.75, 3.05) is 5.32 Å². The Balaban J connectivity index is 2.09. The summed E-state index contributed by atoms with van der Waals surface area (Å²) in [6, 6.07) is 5.31. The topological polar surface area (TPSA) is 55.1 Å². The van der Waals surface area contributed by atoms with Crippen molar-refractivity contribution in [3.05, 3.63) is 27.7 Å². The minimum absolute atomic E-state index is 0.103. The zero-order valence-corrected chi connectivity index (χ0v) is 13.2. The van der Waals surface area contributed by atoms with Gasteiger partial charge in [-0.1, -0.05) is 31.4 Å². The molecule has 0 saturated heterocycles. The molecule has 3 nitrogen and oxygen atoms in total. The Morgan fingerprint density at radius 1 is 1.58 bits per heavy atom. The lowest BCUT2D eigenvalue weighted by molar-refractivity contribution is -0.122. The van der Waals surface area contributed by atoms with Crippen molar-refractivity contribution in [3.63, 3.8) is 0 Å². The van der Waals surface area contributed by atoms with Crippen molar-refractivity contribution in [1.29, 1.82) is 0 Å². The highest BCUT2D eigenvalue weighted by Gasteiger charge is 2.37. The van der Waals surface area contributed by atoms with E-state index in [1.165, 1.54) is 0 Å². The van der Waals surface area contributed by atoms with Gasteiger partial charge in [0.05, 0.1) is 10.6 Å². The molecular weight excluding hydrogens is 328 g/mol. The lowest BCUT2D eigenvalue weighted by Crippen LogP contribution is -2.53. The predicted molar refractivity (Wildman–Crippen MR) is 82.3 cm³/mol. The minimum Gasteiger partial charge on any atom is -0.324 e. The van der Waals surface area contributed by atoms with E-state index in [0.29, 0.717) is 16.6 Å². The van der Waals surface area contributed by atoms with Gasteiger partial charge in [0, 0.05) is 10.2 Å². The quantitative estimate of drug-likeness (QED) is 0.852. The summed E-state index contributed by atoms with van der Waals surface area (Å²) >= 11 is 9.27. The molecule has 1 fully saturated rings. The number of carbonyl (C=O) groups excluding carboxylic acids is 1. The van der Waals surface area contributed by atoms with E-state index >= 15 is 0 Å². The average molecular weight is 346 g/mol. The van der Waals surface area contributed by atoms with Gasteiger partial charge in [0.1, 0.15) is 0 Å². The molecule has 1 aliphatic carbocycles. The molecule has 1 amide bonds. The number of rotatable bonds is 2. The fraction of sp³-hybridized carbons (Fsp3) is 0.500. The fourth-order valence-corrected chi connectivity index (χ4v) is 3.12. The number of halogens is 2. The summed E-state index contributed by atoms with van der Waals surface area (Å²) in [7, 11) is 0. The smallest absolute Gasteiger partial charge is 0.244 e. The number of amides is 1. The molecule has 0 aromatic heterocycles. The van der Waals surface area contributed by atoms with Crippen LogP contribution in [0.4, 0.5) is 5.69 Å². The third-order valence-corrected chi connectivity index (χ3v) is 4.88. The fourth-order valence-electron chi connectivity index (χ4n) is 2.63. The summed E-state index contributed by atoms with van der Waals surface area (Å²) < 4.78 is 0.759. The molecule has 5 heteroatoms. The van der Waals surface area contributed by atoms with Crippen molar-refractivity contribution in [2.24, 2.45) is 11.7 Å². The van der Waals surface area contributed by atoms with Gasteiger partial charge in [-0.05, 0) is 52.9 Å². The number of anilines is 1. The average Bonchev–Trinajstić information content (AvgIpc) is 2.33. The van der Waals surface area contributed by atoms with Crippen LogP contribution in [0.1, 0.15) is 32.6 Å². The van der Waals surface area contributed by atoms with Crippen molar-refractivity contribution in [3.8, 4) is 0 Å².